The zero-order valence-electron chi connectivity index (χ0n) is 14.9. The Kier molecular flexibility index (Phi) is 5.55. The van der Waals surface area contributed by atoms with E-state index in [0.29, 0.717) is 17.1 Å². The van der Waals surface area contributed by atoms with Crippen molar-refractivity contribution in [3.63, 3.8) is 0 Å². The van der Waals surface area contributed by atoms with E-state index < -0.39 is 6.10 Å². The number of ether oxygens (including phenoxy) is 2. The Hall–Kier alpha value is -3.55. The predicted octanol–water partition coefficient (Wildman–Crippen LogP) is 2.40. The average Bonchev–Trinajstić information content (AvgIpc) is 2.67. The molecule has 27 heavy (non-hydrogen) atoms. The summed E-state index contributed by atoms with van der Waals surface area (Å²) in [7, 11) is 1.59. The van der Waals surface area contributed by atoms with Gasteiger partial charge in [0.15, 0.2) is 12.7 Å². The first-order valence-corrected chi connectivity index (χ1v) is 8.26. The zero-order chi connectivity index (χ0) is 19.2. The molecule has 140 valence electrons. The lowest BCUT2D eigenvalue weighted by Crippen LogP contribution is -2.34. The fourth-order valence-corrected chi connectivity index (χ4v) is 2.37. The van der Waals surface area contributed by atoms with Gasteiger partial charge in [0, 0.05) is 5.69 Å². The molecule has 1 atom stereocenters. The van der Waals surface area contributed by atoms with Gasteiger partial charge >= 0.3 is 0 Å². The summed E-state index contributed by atoms with van der Waals surface area (Å²) in [6, 6.07) is 12.2. The van der Waals surface area contributed by atoms with Gasteiger partial charge in [0.2, 0.25) is 0 Å². The summed E-state index contributed by atoms with van der Waals surface area (Å²) in [5, 5.41) is 9.16. The molecule has 3 rings (SSSR count). The second kappa shape index (κ2) is 8.22. The van der Waals surface area contributed by atoms with Crippen molar-refractivity contribution in [2.24, 2.45) is 5.16 Å². The minimum absolute atomic E-state index is 0.234. The third kappa shape index (κ3) is 4.75. The minimum atomic E-state index is -0.546. The lowest BCUT2D eigenvalue weighted by Gasteiger charge is -2.23. The van der Waals surface area contributed by atoms with Crippen LogP contribution in [0.5, 0.6) is 11.5 Å². The molecule has 0 aliphatic carbocycles. The predicted molar refractivity (Wildman–Crippen MR) is 100 cm³/mol. The van der Waals surface area contributed by atoms with E-state index in [2.05, 4.69) is 15.8 Å². The van der Waals surface area contributed by atoms with Gasteiger partial charge in [-0.25, -0.2) is 0 Å². The van der Waals surface area contributed by atoms with Crippen molar-refractivity contribution in [1.29, 1.82) is 0 Å². The van der Waals surface area contributed by atoms with Crippen molar-refractivity contribution < 1.29 is 23.9 Å². The fraction of sp³-hybridized carbons (Fsp3) is 0.211. The monoisotopic (exact) mass is 369 g/mol. The Morgan fingerprint density at radius 1 is 1.30 bits per heavy atom. The molecule has 2 amide bonds. The molecule has 8 heteroatoms. The van der Waals surface area contributed by atoms with Crippen LogP contribution in [-0.4, -0.2) is 37.8 Å². The molecule has 0 unspecified atom stereocenters. The maximum Gasteiger partial charge on any atom is 0.265 e. The third-order valence-corrected chi connectivity index (χ3v) is 3.78. The smallest absolute Gasteiger partial charge is 0.265 e. The van der Waals surface area contributed by atoms with Crippen molar-refractivity contribution in [3.8, 4) is 11.5 Å². The van der Waals surface area contributed by atoms with Crippen LogP contribution >= 0.6 is 0 Å². The SMILES string of the molecule is COc1ccc(/C=N\OCC(=O)Nc2ccc3c(c2)NC(=O)[C@H](C)O3)cc1. The summed E-state index contributed by atoms with van der Waals surface area (Å²) >= 11 is 0. The first-order valence-electron chi connectivity index (χ1n) is 8.26. The van der Waals surface area contributed by atoms with Gasteiger partial charge in [0.25, 0.3) is 11.8 Å². The summed E-state index contributed by atoms with van der Waals surface area (Å²) in [5.41, 5.74) is 1.84. The lowest BCUT2D eigenvalue weighted by atomic mass is 10.2. The van der Waals surface area contributed by atoms with Gasteiger partial charge in [-0.3, -0.25) is 9.59 Å². The van der Waals surface area contributed by atoms with E-state index in [-0.39, 0.29) is 18.4 Å². The first-order chi connectivity index (χ1) is 13.0. The van der Waals surface area contributed by atoms with Crippen LogP contribution in [0, 0.1) is 0 Å². The third-order valence-electron chi connectivity index (χ3n) is 3.78. The molecule has 0 saturated heterocycles. The second-order valence-electron chi connectivity index (χ2n) is 5.79. The van der Waals surface area contributed by atoms with E-state index in [0.717, 1.165) is 11.3 Å². The topological polar surface area (TPSA) is 98.3 Å². The molecule has 2 aromatic rings. The van der Waals surface area contributed by atoms with E-state index in [4.69, 9.17) is 14.3 Å². The van der Waals surface area contributed by atoms with Gasteiger partial charge in [-0.05, 0) is 55.0 Å². The van der Waals surface area contributed by atoms with E-state index >= 15 is 0 Å². The van der Waals surface area contributed by atoms with Crippen LogP contribution in [0.15, 0.2) is 47.6 Å². The first kappa shape index (κ1) is 18.2. The van der Waals surface area contributed by atoms with Gasteiger partial charge < -0.3 is 24.9 Å². The Morgan fingerprint density at radius 3 is 2.81 bits per heavy atom. The van der Waals surface area contributed by atoms with Gasteiger partial charge in [0.1, 0.15) is 11.5 Å². The van der Waals surface area contributed by atoms with Gasteiger partial charge in [-0.1, -0.05) is 5.16 Å². The average molecular weight is 369 g/mol. The summed E-state index contributed by atoms with van der Waals surface area (Å²) in [6.07, 6.45) is 0.953. The second-order valence-corrected chi connectivity index (χ2v) is 5.79. The number of hydrogen-bond donors (Lipinski definition) is 2. The highest BCUT2D eigenvalue weighted by atomic mass is 16.6. The van der Waals surface area contributed by atoms with Crippen LogP contribution in [0.2, 0.25) is 0 Å². The van der Waals surface area contributed by atoms with E-state index in [1.54, 1.807) is 44.4 Å². The van der Waals surface area contributed by atoms with Crippen LogP contribution in [-0.2, 0) is 14.4 Å². The number of carbonyl (C=O) groups is 2. The largest absolute Gasteiger partial charge is 0.497 e. The lowest BCUT2D eigenvalue weighted by molar-refractivity contribution is -0.122. The maximum absolute atomic E-state index is 11.9. The van der Waals surface area contributed by atoms with E-state index in [9.17, 15) is 9.59 Å². The number of hydrogen-bond acceptors (Lipinski definition) is 6. The number of rotatable bonds is 6. The van der Waals surface area contributed by atoms with E-state index in [1.807, 2.05) is 12.1 Å². The number of oxime groups is 1. The highest BCUT2D eigenvalue weighted by Crippen LogP contribution is 2.32. The summed E-state index contributed by atoms with van der Waals surface area (Å²) < 4.78 is 10.5. The van der Waals surface area contributed by atoms with Crippen LogP contribution in [0.4, 0.5) is 11.4 Å². The molecule has 1 aliphatic heterocycles. The van der Waals surface area contributed by atoms with Crippen molar-refractivity contribution >= 4 is 29.4 Å². The molecule has 1 heterocycles. The Labute approximate surface area is 156 Å². The highest BCUT2D eigenvalue weighted by molar-refractivity contribution is 5.99. The molecule has 0 saturated carbocycles. The quantitative estimate of drug-likeness (QED) is 0.602. The molecule has 0 fully saturated rings. The molecule has 0 spiro atoms. The number of carbonyl (C=O) groups excluding carboxylic acids is 2. The number of benzene rings is 2. The maximum atomic E-state index is 11.9. The van der Waals surface area contributed by atoms with Crippen LogP contribution in [0.3, 0.4) is 0 Å². The molecule has 1 aliphatic rings. The normalized spacial score (nSPS) is 15.5. The molecule has 8 nitrogen and oxygen atoms in total. The fourth-order valence-electron chi connectivity index (χ4n) is 2.37. The number of anilines is 2. The molecule has 2 N–H and O–H groups in total. The van der Waals surface area contributed by atoms with Crippen LogP contribution < -0.4 is 20.1 Å². The molecule has 2 aromatic carbocycles. The Balaban J connectivity index is 1.50. The van der Waals surface area contributed by atoms with Gasteiger partial charge in [-0.15, -0.1) is 0 Å². The van der Waals surface area contributed by atoms with Crippen molar-refractivity contribution in [3.05, 3.63) is 48.0 Å². The zero-order valence-corrected chi connectivity index (χ0v) is 14.9. The van der Waals surface area contributed by atoms with Crippen LogP contribution in [0.1, 0.15) is 12.5 Å². The van der Waals surface area contributed by atoms with E-state index in [1.165, 1.54) is 6.21 Å². The number of fused-ring (bicyclic) bond motifs is 1. The van der Waals surface area contributed by atoms with Crippen LogP contribution in [0.25, 0.3) is 0 Å². The summed E-state index contributed by atoms with van der Waals surface area (Å²) in [5.74, 6) is 0.689. The molecular weight excluding hydrogens is 350 g/mol. The molecular formula is C19H19N3O5. The Bertz CT molecular complexity index is 864. The van der Waals surface area contributed by atoms with Gasteiger partial charge in [-0.2, -0.15) is 0 Å². The Morgan fingerprint density at radius 2 is 2.07 bits per heavy atom. The standard InChI is InChI=1S/C19H19N3O5/c1-12-19(24)22-16-9-14(5-8-17(16)27-12)21-18(23)11-26-20-10-13-3-6-15(25-2)7-4-13/h3-10,12H,11H2,1-2H3,(H,21,23)(H,22,24)/b20-10-/t12-/m0/s1. The molecule has 0 bridgehead atoms. The number of nitrogens with one attached hydrogen (secondary N) is 2. The molecule has 0 radical (unpaired) electrons. The van der Waals surface area contributed by atoms with Crippen molar-refractivity contribution in [2.75, 3.05) is 24.4 Å². The number of methoxy groups -OCH3 is 1. The van der Waals surface area contributed by atoms with Crippen molar-refractivity contribution in [2.45, 2.75) is 13.0 Å². The summed E-state index contributed by atoms with van der Waals surface area (Å²) in [6.45, 7) is 1.42. The number of nitrogens with zero attached hydrogens (tertiary/aromatic N) is 1. The minimum Gasteiger partial charge on any atom is -0.497 e. The van der Waals surface area contributed by atoms with Gasteiger partial charge in [0.05, 0.1) is 19.0 Å². The highest BCUT2D eigenvalue weighted by Gasteiger charge is 2.23. The molecule has 0 aromatic heterocycles. The summed E-state index contributed by atoms with van der Waals surface area (Å²) in [4.78, 5) is 28.6. The van der Waals surface area contributed by atoms with Crippen molar-refractivity contribution in [1.82, 2.24) is 0 Å². The number of amides is 2.